The van der Waals surface area contributed by atoms with E-state index in [0.717, 1.165) is 22.6 Å². The molecule has 13 N–H and O–H groups in total. The number of nitrogens with one attached hydrogen (secondary N) is 1. The fourth-order valence-electron chi connectivity index (χ4n) is 7.64. The quantitative estimate of drug-likeness (QED) is 0.0162. The first-order valence-electron chi connectivity index (χ1n) is 20.9. The van der Waals surface area contributed by atoms with Crippen molar-refractivity contribution in [2.24, 2.45) is 34.9 Å². The van der Waals surface area contributed by atoms with Gasteiger partial charge in [0.05, 0.1) is 67.3 Å². The molecule has 1 aliphatic carbocycles. The number of nitrogens with zero attached hydrogens (tertiary/aromatic N) is 7. The number of nitrogens with two attached hydrogens (primary N) is 2. The smallest absolute Gasteiger partial charge is 0.350 e. The average molecular weight is 985 g/mol. The van der Waals surface area contributed by atoms with Crippen LogP contribution in [0.2, 0.25) is 0 Å². The van der Waals surface area contributed by atoms with Crippen molar-refractivity contribution in [1.29, 1.82) is 0 Å². The van der Waals surface area contributed by atoms with Crippen molar-refractivity contribution in [1.82, 2.24) is 24.3 Å². The SMILES string of the molecule is CC1C(CO)CC(OC(C(O)CO)C(O)C(O)C=NCCNC(=O)Cc2c[n+](CC3=C(C(=O)[O-])N4C(=O)[C@@H](CC(=O)/C(=N\OC(C)(C)C(=O)O)c5nsc(N)n5)C4SC3)n(C)c2N)C(O)C1O. The van der Waals surface area contributed by atoms with Gasteiger partial charge in [0, 0.05) is 48.6 Å². The Bertz CT molecular complexity index is 2250. The monoisotopic (exact) mass is 984 g/mol. The van der Waals surface area contributed by atoms with Crippen LogP contribution in [0.1, 0.15) is 45.0 Å². The van der Waals surface area contributed by atoms with Crippen LogP contribution in [0.5, 0.6) is 0 Å². The first-order chi connectivity index (χ1) is 31.5. The minimum absolute atomic E-state index is 0.0158. The summed E-state index contributed by atoms with van der Waals surface area (Å²) in [6.45, 7) is 2.65. The zero-order chi connectivity index (χ0) is 49.7. The molecule has 1 saturated heterocycles. The van der Waals surface area contributed by atoms with Crippen molar-refractivity contribution < 1.29 is 84.2 Å². The fraction of sp³-hybridized carbons (Fsp3) is 0.641. The third-order valence-electron chi connectivity index (χ3n) is 11.8. The largest absolute Gasteiger partial charge is 0.543 e. The van der Waals surface area contributed by atoms with E-state index in [1.165, 1.54) is 36.5 Å². The van der Waals surface area contributed by atoms with E-state index in [-0.39, 0.29) is 67.2 Å². The molecule has 5 rings (SSSR count). The van der Waals surface area contributed by atoms with E-state index < -0.39 is 125 Å². The van der Waals surface area contributed by atoms with Gasteiger partial charge in [0.25, 0.3) is 0 Å². The number of ketones is 1. The lowest BCUT2D eigenvalue weighted by molar-refractivity contribution is -0.765. The van der Waals surface area contributed by atoms with Crippen molar-refractivity contribution in [2.45, 2.75) is 100 Å². The van der Waals surface area contributed by atoms with Crippen LogP contribution in [-0.4, -0.2) is 187 Å². The molecule has 28 heteroatoms. The van der Waals surface area contributed by atoms with Gasteiger partial charge >= 0.3 is 5.97 Å². The van der Waals surface area contributed by atoms with E-state index >= 15 is 0 Å². The Kier molecular flexibility index (Phi) is 17.6. The van der Waals surface area contributed by atoms with Gasteiger partial charge in [0.2, 0.25) is 29.4 Å². The van der Waals surface area contributed by atoms with Gasteiger partial charge in [-0.15, -0.1) is 21.1 Å². The number of hydrogen-bond donors (Lipinski definition) is 11. The van der Waals surface area contributed by atoms with Crippen molar-refractivity contribution in [3.8, 4) is 0 Å². The van der Waals surface area contributed by atoms with Crippen molar-refractivity contribution in [3.05, 3.63) is 28.9 Å². The number of carbonyl (C=O) groups is 5. The normalized spacial score (nSPS) is 25.3. The lowest BCUT2D eigenvalue weighted by atomic mass is 9.75. The number of rotatable bonds is 23. The molecule has 4 heterocycles. The second kappa shape index (κ2) is 22.3. The molecule has 0 spiro atoms. The molecule has 370 valence electrons. The first-order valence-corrected chi connectivity index (χ1v) is 22.7. The summed E-state index contributed by atoms with van der Waals surface area (Å²) in [7, 11) is 1.58. The highest BCUT2D eigenvalue weighted by Gasteiger charge is 2.53. The Morgan fingerprint density at radius 3 is 2.48 bits per heavy atom. The highest BCUT2D eigenvalue weighted by atomic mass is 32.2. The lowest BCUT2D eigenvalue weighted by Gasteiger charge is -2.50. The summed E-state index contributed by atoms with van der Waals surface area (Å²) in [4.78, 5) is 78.1. The number of β-lactam (4-membered cyclic amide) rings is 1. The highest BCUT2D eigenvalue weighted by Crippen LogP contribution is 2.45. The molecular weight excluding hydrogens is 929 g/mol. The van der Waals surface area contributed by atoms with E-state index in [4.69, 9.17) is 21.0 Å². The molecule has 1 saturated carbocycles. The van der Waals surface area contributed by atoms with Crippen LogP contribution in [-0.2, 0) is 53.6 Å². The van der Waals surface area contributed by atoms with E-state index in [1.54, 1.807) is 18.7 Å². The number of amides is 2. The van der Waals surface area contributed by atoms with Crippen molar-refractivity contribution >= 4 is 75.7 Å². The number of nitrogen functional groups attached to an aromatic ring is 2. The number of anilines is 2. The Balaban J connectivity index is 1.17. The van der Waals surface area contributed by atoms with Crippen LogP contribution in [0.15, 0.2) is 27.6 Å². The number of aromatic nitrogens is 4. The van der Waals surface area contributed by atoms with Crippen LogP contribution in [0.25, 0.3) is 0 Å². The maximum absolute atomic E-state index is 13.5. The molecule has 3 aliphatic rings. The van der Waals surface area contributed by atoms with Gasteiger partial charge in [0.1, 0.15) is 30.5 Å². The summed E-state index contributed by atoms with van der Waals surface area (Å²) in [5, 5.41) is 99.5. The molecular formula is C39H56N10O16S2. The minimum atomic E-state index is -1.86. The first kappa shape index (κ1) is 52.8. The maximum atomic E-state index is 13.5. The Hall–Kier alpha value is -5.17. The van der Waals surface area contributed by atoms with E-state index in [1.807, 2.05) is 0 Å². The number of Topliss-reactive ketones (excluding diaryl/α,β-unsaturated/α-hetero) is 1. The number of hydrogen-bond acceptors (Lipinski definition) is 23. The Morgan fingerprint density at radius 1 is 1.16 bits per heavy atom. The van der Waals surface area contributed by atoms with Crippen LogP contribution >= 0.6 is 23.3 Å². The van der Waals surface area contributed by atoms with Crippen molar-refractivity contribution in [3.63, 3.8) is 0 Å². The molecule has 0 bridgehead atoms. The molecule has 26 nitrogen and oxygen atoms in total. The second-order valence-electron chi connectivity index (χ2n) is 16.8. The third kappa shape index (κ3) is 11.9. The number of aliphatic hydroxyl groups excluding tert-OH is 7. The molecule has 0 radical (unpaired) electrons. The lowest BCUT2D eigenvalue weighted by Crippen LogP contribution is -2.63. The topological polar surface area (TPSA) is 415 Å². The summed E-state index contributed by atoms with van der Waals surface area (Å²) in [5.74, 6) is -6.89. The summed E-state index contributed by atoms with van der Waals surface area (Å²) in [6.07, 6.45) is -8.95. The number of carbonyl (C=O) groups excluding carboxylic acids is 4. The molecule has 11 atom stereocenters. The van der Waals surface area contributed by atoms with Gasteiger partial charge in [-0.2, -0.15) is 9.36 Å². The van der Waals surface area contributed by atoms with Gasteiger partial charge in [-0.3, -0.25) is 24.3 Å². The zero-order valence-corrected chi connectivity index (χ0v) is 38.4. The number of thioether (sulfide) groups is 1. The number of fused-ring (bicyclic) bond motifs is 1. The number of carboxylic acids is 2. The predicted octanol–water partition coefficient (Wildman–Crippen LogP) is -5.96. The number of aliphatic imine (C=N–C) groups is 1. The second-order valence-corrected chi connectivity index (χ2v) is 18.7. The van der Waals surface area contributed by atoms with Gasteiger partial charge in [-0.05, 0) is 32.1 Å². The molecule has 67 heavy (non-hydrogen) atoms. The number of aliphatic carboxylic acids is 2. The highest BCUT2D eigenvalue weighted by molar-refractivity contribution is 8.00. The predicted molar refractivity (Wildman–Crippen MR) is 232 cm³/mol. The number of ether oxygens (including phenoxy) is 1. The van der Waals surface area contributed by atoms with E-state index in [2.05, 4.69) is 24.8 Å². The summed E-state index contributed by atoms with van der Waals surface area (Å²) >= 11 is 1.94. The van der Waals surface area contributed by atoms with Crippen LogP contribution in [0.3, 0.4) is 0 Å². The van der Waals surface area contributed by atoms with Crippen LogP contribution in [0.4, 0.5) is 10.9 Å². The van der Waals surface area contributed by atoms with Gasteiger partial charge in [-0.1, -0.05) is 12.1 Å². The Morgan fingerprint density at radius 2 is 1.87 bits per heavy atom. The minimum Gasteiger partial charge on any atom is -0.543 e. The van der Waals surface area contributed by atoms with Gasteiger partial charge in [-0.25, -0.2) is 4.79 Å². The molecule has 0 aromatic carbocycles. The van der Waals surface area contributed by atoms with Crippen molar-refractivity contribution in [2.75, 3.05) is 43.5 Å². The molecule has 2 amide bonds. The third-order valence-corrected chi connectivity index (χ3v) is 13.8. The average Bonchev–Trinajstić information content (AvgIpc) is 3.83. The molecule has 2 aromatic heterocycles. The van der Waals surface area contributed by atoms with Gasteiger partial charge < -0.3 is 77.1 Å². The number of oxime groups is 1. The summed E-state index contributed by atoms with van der Waals surface area (Å²) in [5.41, 5.74) is 9.92. The maximum Gasteiger partial charge on any atom is 0.350 e. The van der Waals surface area contributed by atoms with Gasteiger partial charge in [0.15, 0.2) is 29.0 Å². The standard InChI is InChI=1S/C39H56N10O16S2/c1-16-18(13-50)7-24(30(58)28(16)56)64-31(23(54)14-51)29(57)22(53)10-42-5-6-43-25(55)8-17-11-48(47(4)32(17)40)12-19-15-66-35-20(34(59)49(35)27(19)36(60)61)9-21(52)26(33-44-38(41)67-46-33)45-65-39(2,3)37(62)63/h10-11,16,18,20,22-24,28-31,35,40,50-51,53-54,56-58H,5-9,12-15H2,1-4H3,(H5,41,43,44,46,55,60,61,62,63)/b42-10?,45-26+/t16?,18?,20-,22?,23?,24?,28?,29?,30?,31?,35?/m1/s1. The zero-order valence-electron chi connectivity index (χ0n) is 36.8. The fourth-order valence-corrected chi connectivity index (χ4v) is 9.48. The van der Waals surface area contributed by atoms with E-state index in [0.29, 0.717) is 5.56 Å². The molecule has 2 aliphatic heterocycles. The molecule has 2 fully saturated rings. The summed E-state index contributed by atoms with van der Waals surface area (Å²) in [6, 6.07) is 0. The number of carboxylic acid groups (broad SMARTS) is 2. The van der Waals surface area contributed by atoms with E-state index in [9.17, 15) is 69.9 Å². The molecule has 2 aromatic rings. The summed E-state index contributed by atoms with van der Waals surface area (Å²) < 4.78 is 12.7. The van der Waals surface area contributed by atoms with Crippen LogP contribution in [0, 0.1) is 17.8 Å². The number of aliphatic hydroxyl groups is 7. The Labute approximate surface area is 390 Å². The molecule has 10 unspecified atom stereocenters. The van der Waals surface area contributed by atoms with Crippen LogP contribution < -0.4 is 26.6 Å².